The van der Waals surface area contributed by atoms with Crippen molar-refractivity contribution >= 4 is 28.6 Å². The standard InChI is InChI=1S/C13H12FN3O4/c1-21-11(19)6-15-13(20)16-8-4-7-2-3-10(18)17-12(7)9(14)5-8/h2-5H,6H2,1H3,(H,17,18)(H2,15,16,20). The van der Waals surface area contributed by atoms with Crippen LogP contribution in [-0.4, -0.2) is 30.6 Å². The Morgan fingerprint density at radius 2 is 2.10 bits per heavy atom. The van der Waals surface area contributed by atoms with Crippen LogP contribution in [0.15, 0.2) is 29.1 Å². The van der Waals surface area contributed by atoms with Gasteiger partial charge in [0.05, 0.1) is 12.6 Å². The lowest BCUT2D eigenvalue weighted by Gasteiger charge is -2.08. The number of aromatic nitrogens is 1. The summed E-state index contributed by atoms with van der Waals surface area (Å²) >= 11 is 0. The predicted molar refractivity (Wildman–Crippen MR) is 73.6 cm³/mol. The zero-order valence-electron chi connectivity index (χ0n) is 11.0. The normalized spacial score (nSPS) is 10.2. The number of esters is 1. The molecule has 8 heteroatoms. The first-order chi connectivity index (χ1) is 9.99. The molecule has 1 heterocycles. The second kappa shape index (κ2) is 6.04. The van der Waals surface area contributed by atoms with Crippen molar-refractivity contribution in [3.05, 3.63) is 40.4 Å². The Kier molecular flexibility index (Phi) is 4.17. The lowest BCUT2D eigenvalue weighted by Crippen LogP contribution is -2.33. The van der Waals surface area contributed by atoms with Crippen LogP contribution < -0.4 is 16.2 Å². The number of H-pyrrole nitrogens is 1. The van der Waals surface area contributed by atoms with Crippen molar-refractivity contribution < 1.29 is 18.7 Å². The maximum absolute atomic E-state index is 13.8. The Hall–Kier alpha value is -2.90. The largest absolute Gasteiger partial charge is 0.468 e. The lowest BCUT2D eigenvalue weighted by atomic mass is 10.2. The van der Waals surface area contributed by atoms with Crippen LogP contribution in [0.25, 0.3) is 10.9 Å². The van der Waals surface area contributed by atoms with Gasteiger partial charge in [0.15, 0.2) is 0 Å². The Morgan fingerprint density at radius 1 is 1.33 bits per heavy atom. The molecule has 1 aromatic heterocycles. The molecular weight excluding hydrogens is 281 g/mol. The number of hydrogen-bond acceptors (Lipinski definition) is 4. The minimum Gasteiger partial charge on any atom is -0.468 e. The summed E-state index contributed by atoms with van der Waals surface area (Å²) in [5.74, 6) is -1.28. The van der Waals surface area contributed by atoms with E-state index in [1.807, 2.05) is 0 Å². The first-order valence-electron chi connectivity index (χ1n) is 5.94. The summed E-state index contributed by atoms with van der Waals surface area (Å²) in [6.45, 7) is -0.300. The van der Waals surface area contributed by atoms with Gasteiger partial charge in [-0.25, -0.2) is 9.18 Å². The molecule has 7 nitrogen and oxygen atoms in total. The van der Waals surface area contributed by atoms with Crippen LogP contribution in [-0.2, 0) is 9.53 Å². The molecule has 110 valence electrons. The second-order valence-corrected chi connectivity index (χ2v) is 4.13. The molecule has 0 saturated carbocycles. The molecule has 0 fully saturated rings. The van der Waals surface area contributed by atoms with E-state index in [0.717, 1.165) is 6.07 Å². The fraction of sp³-hybridized carbons (Fsp3) is 0.154. The molecule has 0 saturated heterocycles. The minimum absolute atomic E-state index is 0.0584. The van der Waals surface area contributed by atoms with Gasteiger partial charge in [0.1, 0.15) is 12.4 Å². The molecule has 2 amide bonds. The Balaban J connectivity index is 2.16. The Bertz CT molecular complexity index is 757. The zero-order chi connectivity index (χ0) is 15.4. The molecule has 0 bridgehead atoms. The quantitative estimate of drug-likeness (QED) is 0.734. The minimum atomic E-state index is -0.677. The highest BCUT2D eigenvalue weighted by Crippen LogP contribution is 2.19. The van der Waals surface area contributed by atoms with Crippen LogP contribution in [0.5, 0.6) is 0 Å². The molecule has 2 aromatic rings. The number of methoxy groups -OCH3 is 1. The summed E-state index contributed by atoms with van der Waals surface area (Å²) in [6, 6.07) is 4.57. The average Bonchev–Trinajstić information content (AvgIpc) is 2.45. The van der Waals surface area contributed by atoms with E-state index in [0.29, 0.717) is 5.39 Å². The van der Waals surface area contributed by atoms with Crippen molar-refractivity contribution in [2.75, 3.05) is 19.0 Å². The van der Waals surface area contributed by atoms with E-state index in [1.54, 1.807) is 0 Å². The SMILES string of the molecule is COC(=O)CNC(=O)Nc1cc(F)c2[nH]c(=O)ccc2c1. The third-order valence-corrected chi connectivity index (χ3v) is 2.66. The molecule has 3 N–H and O–H groups in total. The summed E-state index contributed by atoms with van der Waals surface area (Å²) in [6.07, 6.45) is 0. The van der Waals surface area contributed by atoms with Crippen LogP contribution >= 0.6 is 0 Å². The van der Waals surface area contributed by atoms with Crippen molar-refractivity contribution in [1.29, 1.82) is 0 Å². The zero-order valence-corrected chi connectivity index (χ0v) is 11.0. The molecule has 0 aliphatic rings. The highest BCUT2D eigenvalue weighted by molar-refractivity contribution is 5.94. The summed E-state index contributed by atoms with van der Waals surface area (Å²) in [5.41, 5.74) is -0.171. The van der Waals surface area contributed by atoms with E-state index in [-0.39, 0.29) is 17.7 Å². The first kappa shape index (κ1) is 14.5. The van der Waals surface area contributed by atoms with Crippen molar-refractivity contribution in [3.63, 3.8) is 0 Å². The van der Waals surface area contributed by atoms with E-state index in [4.69, 9.17) is 0 Å². The number of benzene rings is 1. The summed E-state index contributed by atoms with van der Waals surface area (Å²) in [7, 11) is 1.20. The van der Waals surface area contributed by atoms with Gasteiger partial charge in [-0.2, -0.15) is 0 Å². The fourth-order valence-corrected chi connectivity index (χ4v) is 1.69. The number of anilines is 1. The maximum Gasteiger partial charge on any atom is 0.325 e. The molecule has 21 heavy (non-hydrogen) atoms. The van der Waals surface area contributed by atoms with E-state index in [1.165, 1.54) is 25.3 Å². The van der Waals surface area contributed by atoms with Crippen LogP contribution in [0.1, 0.15) is 0 Å². The monoisotopic (exact) mass is 293 g/mol. The number of halogens is 1. The van der Waals surface area contributed by atoms with E-state index in [2.05, 4.69) is 20.4 Å². The van der Waals surface area contributed by atoms with Gasteiger partial charge in [0.2, 0.25) is 5.56 Å². The van der Waals surface area contributed by atoms with Gasteiger partial charge in [-0.3, -0.25) is 9.59 Å². The molecular formula is C13H12FN3O4. The first-order valence-corrected chi connectivity index (χ1v) is 5.94. The molecule has 0 radical (unpaired) electrons. The highest BCUT2D eigenvalue weighted by atomic mass is 19.1. The van der Waals surface area contributed by atoms with Crippen LogP contribution in [0.3, 0.4) is 0 Å². The van der Waals surface area contributed by atoms with Gasteiger partial charge in [-0.15, -0.1) is 0 Å². The third kappa shape index (κ3) is 3.56. The number of aromatic amines is 1. The van der Waals surface area contributed by atoms with Crippen molar-refractivity contribution in [2.24, 2.45) is 0 Å². The second-order valence-electron chi connectivity index (χ2n) is 4.13. The number of fused-ring (bicyclic) bond motifs is 1. The van der Waals surface area contributed by atoms with Crippen LogP contribution in [0.4, 0.5) is 14.9 Å². The number of amides is 2. The molecule has 0 aliphatic heterocycles. The molecule has 0 atom stereocenters. The highest BCUT2D eigenvalue weighted by Gasteiger charge is 2.09. The van der Waals surface area contributed by atoms with E-state index in [9.17, 15) is 18.8 Å². The third-order valence-electron chi connectivity index (χ3n) is 2.66. The van der Waals surface area contributed by atoms with Gasteiger partial charge >= 0.3 is 12.0 Å². The number of urea groups is 1. The molecule has 0 spiro atoms. The van der Waals surface area contributed by atoms with Crippen molar-refractivity contribution in [1.82, 2.24) is 10.3 Å². The molecule has 2 rings (SSSR count). The number of nitrogens with one attached hydrogen (secondary N) is 3. The average molecular weight is 293 g/mol. The van der Waals surface area contributed by atoms with Gasteiger partial charge < -0.3 is 20.4 Å². The number of rotatable bonds is 3. The summed E-state index contributed by atoms with van der Waals surface area (Å²) in [5, 5.41) is 5.06. The van der Waals surface area contributed by atoms with Crippen LogP contribution in [0.2, 0.25) is 0 Å². The van der Waals surface area contributed by atoms with Gasteiger partial charge in [-0.05, 0) is 18.2 Å². The molecule has 1 aromatic carbocycles. The van der Waals surface area contributed by atoms with Gasteiger partial charge in [0.25, 0.3) is 0 Å². The van der Waals surface area contributed by atoms with Crippen molar-refractivity contribution in [3.8, 4) is 0 Å². The number of ether oxygens (including phenoxy) is 1. The van der Waals surface area contributed by atoms with Gasteiger partial charge in [-0.1, -0.05) is 0 Å². The number of pyridine rings is 1. The number of hydrogen-bond donors (Lipinski definition) is 3. The molecule has 0 aliphatic carbocycles. The van der Waals surface area contributed by atoms with E-state index < -0.39 is 23.4 Å². The number of carbonyl (C=O) groups is 2. The van der Waals surface area contributed by atoms with Crippen molar-refractivity contribution in [2.45, 2.75) is 0 Å². The Morgan fingerprint density at radius 3 is 2.81 bits per heavy atom. The number of carbonyl (C=O) groups excluding carboxylic acids is 2. The molecule has 0 unspecified atom stereocenters. The van der Waals surface area contributed by atoms with E-state index >= 15 is 0 Å². The fourth-order valence-electron chi connectivity index (χ4n) is 1.69. The smallest absolute Gasteiger partial charge is 0.325 e. The summed E-state index contributed by atoms with van der Waals surface area (Å²) in [4.78, 5) is 35.9. The van der Waals surface area contributed by atoms with Gasteiger partial charge in [0, 0.05) is 17.1 Å². The maximum atomic E-state index is 13.8. The summed E-state index contributed by atoms with van der Waals surface area (Å²) < 4.78 is 18.2. The topological polar surface area (TPSA) is 100 Å². The lowest BCUT2D eigenvalue weighted by molar-refractivity contribution is -0.139. The predicted octanol–water partition coefficient (Wildman–Crippen LogP) is 0.962. The Labute approximate surface area is 118 Å². The van der Waals surface area contributed by atoms with Crippen LogP contribution in [0, 0.1) is 5.82 Å².